The van der Waals surface area contributed by atoms with Gasteiger partial charge in [-0.05, 0) is 19.3 Å². The number of carboxylic acid groups (broad SMARTS) is 1. The number of thiazole rings is 2. The summed E-state index contributed by atoms with van der Waals surface area (Å²) >= 11 is 10.2. The third-order valence-corrected chi connectivity index (χ3v) is 9.69. The number of β-lactam (4-membered cyclic amide) rings is 1. The van der Waals surface area contributed by atoms with Crippen LogP contribution in [0.25, 0.3) is 0 Å². The van der Waals surface area contributed by atoms with Gasteiger partial charge in [-0.25, -0.2) is 9.78 Å². The Hall–Kier alpha value is -2.68. The Morgan fingerprint density at radius 1 is 1.42 bits per heavy atom. The maximum Gasteiger partial charge on any atom is 0.352 e. The van der Waals surface area contributed by atoms with Crippen LogP contribution in [0.3, 0.4) is 0 Å². The molecule has 15 heteroatoms. The van der Waals surface area contributed by atoms with Crippen LogP contribution in [-0.2, 0) is 38.6 Å². The standard InChI is InChI=1S/C21H21ClN6O5S3/c1-33-26-13(12-16(22)36-21(23)25-12)17(29)24-14-18(30)28-15(20(31)32)9(7-34-19(14)28)6-27-8-35-11-5-3-2-4-10(11)27/h8,14,19H,2-7H2,1H3,(H3-,23,24,25,29,31,32)/p+1/b26-13+/t14-,19-/m1/s1. The Bertz CT molecular complexity index is 1320. The van der Waals surface area contributed by atoms with Gasteiger partial charge < -0.3 is 21.0 Å². The molecule has 0 saturated carbocycles. The van der Waals surface area contributed by atoms with E-state index in [9.17, 15) is 19.5 Å². The summed E-state index contributed by atoms with van der Waals surface area (Å²) in [4.78, 5) is 49.7. The summed E-state index contributed by atoms with van der Waals surface area (Å²) in [6.07, 6.45) is 4.31. The van der Waals surface area contributed by atoms with Gasteiger partial charge in [-0.15, -0.1) is 11.8 Å². The molecule has 4 heterocycles. The molecule has 2 aliphatic heterocycles. The van der Waals surface area contributed by atoms with E-state index in [1.54, 1.807) is 11.3 Å². The van der Waals surface area contributed by atoms with Gasteiger partial charge in [0.25, 0.3) is 11.8 Å². The van der Waals surface area contributed by atoms with E-state index in [1.807, 2.05) is 5.51 Å². The highest BCUT2D eigenvalue weighted by Gasteiger charge is 2.55. The molecule has 2 aromatic rings. The normalized spacial score (nSPS) is 21.6. The molecular formula is C21H22ClN6O5S3+. The third kappa shape index (κ3) is 4.35. The second-order valence-corrected chi connectivity index (χ2v) is 12.0. The lowest BCUT2D eigenvalue weighted by Gasteiger charge is -2.49. The Labute approximate surface area is 223 Å². The lowest BCUT2D eigenvalue weighted by Crippen LogP contribution is -2.71. The van der Waals surface area contributed by atoms with Gasteiger partial charge in [0.2, 0.25) is 5.51 Å². The molecule has 4 N–H and O–H groups in total. The minimum atomic E-state index is -1.16. The molecule has 2 amide bonds. The van der Waals surface area contributed by atoms with Crippen LogP contribution in [0.4, 0.5) is 5.13 Å². The average Bonchev–Trinajstić information content (AvgIpc) is 3.42. The van der Waals surface area contributed by atoms with Crippen LogP contribution >= 0.6 is 46.0 Å². The summed E-state index contributed by atoms with van der Waals surface area (Å²) in [5.41, 5.74) is 9.43. The first kappa shape index (κ1) is 25.0. The zero-order valence-corrected chi connectivity index (χ0v) is 22.2. The van der Waals surface area contributed by atoms with Crippen LogP contribution in [-0.4, -0.2) is 62.8 Å². The Morgan fingerprint density at radius 2 is 2.19 bits per heavy atom. The van der Waals surface area contributed by atoms with Gasteiger partial charge in [-0.2, -0.15) is 4.57 Å². The quantitative estimate of drug-likeness (QED) is 0.196. The fraction of sp³-hybridized carbons (Fsp3) is 0.429. The number of anilines is 1. The van der Waals surface area contributed by atoms with Gasteiger partial charge in [0.15, 0.2) is 23.1 Å². The highest BCUT2D eigenvalue weighted by molar-refractivity contribution is 8.00. The van der Waals surface area contributed by atoms with E-state index in [0.29, 0.717) is 17.9 Å². The van der Waals surface area contributed by atoms with Crippen LogP contribution in [0.1, 0.15) is 29.1 Å². The monoisotopic (exact) mass is 569 g/mol. The Balaban J connectivity index is 1.36. The Morgan fingerprint density at radius 3 is 2.89 bits per heavy atom. The maximum atomic E-state index is 13.1. The van der Waals surface area contributed by atoms with E-state index in [2.05, 4.69) is 20.0 Å². The number of carbonyl (C=O) groups is 3. The second kappa shape index (κ2) is 10.00. The number of nitrogens with one attached hydrogen (secondary N) is 1. The van der Waals surface area contributed by atoms with Crippen molar-refractivity contribution in [3.8, 4) is 0 Å². The van der Waals surface area contributed by atoms with Gasteiger partial charge in [0.05, 0.1) is 4.88 Å². The first-order chi connectivity index (χ1) is 17.3. The summed E-state index contributed by atoms with van der Waals surface area (Å²) in [5, 5.41) is 15.9. The molecule has 3 aliphatic rings. The lowest BCUT2D eigenvalue weighted by atomic mass is 10.0. The van der Waals surface area contributed by atoms with Crippen LogP contribution in [0.2, 0.25) is 4.34 Å². The van der Waals surface area contributed by atoms with Crippen LogP contribution < -0.4 is 15.6 Å². The van der Waals surface area contributed by atoms with E-state index in [4.69, 9.17) is 22.2 Å². The van der Waals surface area contributed by atoms with E-state index in [-0.39, 0.29) is 26.6 Å². The number of nitrogens with zero attached hydrogens (tertiary/aromatic N) is 4. The lowest BCUT2D eigenvalue weighted by molar-refractivity contribution is -0.692. The van der Waals surface area contributed by atoms with Crippen molar-refractivity contribution >= 4 is 74.7 Å². The number of thioether (sulfide) groups is 1. The molecule has 36 heavy (non-hydrogen) atoms. The van der Waals surface area contributed by atoms with Gasteiger partial charge in [0.1, 0.15) is 34.3 Å². The van der Waals surface area contributed by atoms with E-state index in [0.717, 1.165) is 30.6 Å². The molecule has 0 spiro atoms. The van der Waals surface area contributed by atoms with Crippen molar-refractivity contribution in [2.75, 3.05) is 18.6 Å². The summed E-state index contributed by atoms with van der Waals surface area (Å²) < 4.78 is 2.26. The minimum absolute atomic E-state index is 0.0152. The summed E-state index contributed by atoms with van der Waals surface area (Å²) in [7, 11) is 1.26. The molecule has 190 valence electrons. The van der Waals surface area contributed by atoms with E-state index >= 15 is 0 Å². The van der Waals surface area contributed by atoms with Gasteiger partial charge in [-0.1, -0.05) is 39.4 Å². The van der Waals surface area contributed by atoms with Crippen LogP contribution in [0.5, 0.6) is 0 Å². The second-order valence-electron chi connectivity index (χ2n) is 8.34. The molecule has 0 bridgehead atoms. The molecule has 1 aliphatic carbocycles. The zero-order valence-electron chi connectivity index (χ0n) is 19.0. The number of aromatic nitrogens is 2. The van der Waals surface area contributed by atoms with Crippen molar-refractivity contribution in [2.24, 2.45) is 5.16 Å². The van der Waals surface area contributed by atoms with Crippen LogP contribution in [0, 0.1) is 0 Å². The maximum absolute atomic E-state index is 13.1. The summed E-state index contributed by atoms with van der Waals surface area (Å²) in [6.45, 7) is 0.419. The van der Waals surface area contributed by atoms with Crippen molar-refractivity contribution in [1.29, 1.82) is 0 Å². The number of aliphatic carboxylic acids is 1. The number of fused-ring (bicyclic) bond motifs is 2. The number of nitrogens with two attached hydrogens (primary N) is 1. The zero-order chi connectivity index (χ0) is 25.6. The average molecular weight is 570 g/mol. The molecule has 0 radical (unpaired) electrons. The summed E-state index contributed by atoms with van der Waals surface area (Å²) in [5.74, 6) is -1.97. The molecule has 2 aromatic heterocycles. The number of nitrogen functional groups attached to an aromatic ring is 1. The van der Waals surface area contributed by atoms with Crippen LogP contribution in [0.15, 0.2) is 21.9 Å². The summed E-state index contributed by atoms with van der Waals surface area (Å²) in [6, 6.07) is -0.934. The van der Waals surface area contributed by atoms with E-state index < -0.39 is 29.2 Å². The largest absolute Gasteiger partial charge is 0.477 e. The number of hydrogen-bond donors (Lipinski definition) is 3. The van der Waals surface area contributed by atoms with Gasteiger partial charge in [0, 0.05) is 17.7 Å². The number of oxime groups is 1. The van der Waals surface area contributed by atoms with Crippen molar-refractivity contribution < 1.29 is 28.9 Å². The van der Waals surface area contributed by atoms with Crippen molar-refractivity contribution in [1.82, 2.24) is 15.2 Å². The minimum Gasteiger partial charge on any atom is -0.477 e. The van der Waals surface area contributed by atoms with Crippen molar-refractivity contribution in [2.45, 2.75) is 43.6 Å². The number of carboxylic acids is 1. The number of halogens is 1. The number of carbonyl (C=O) groups excluding carboxylic acids is 2. The molecule has 5 rings (SSSR count). The molecule has 0 unspecified atom stereocenters. The number of aryl methyl sites for hydroxylation is 1. The predicted octanol–water partition coefficient (Wildman–Crippen LogP) is 1.40. The molecule has 2 atom stereocenters. The molecule has 1 fully saturated rings. The van der Waals surface area contributed by atoms with Crippen molar-refractivity contribution in [3.05, 3.63) is 37.4 Å². The topological polar surface area (TPSA) is 151 Å². The number of hydrogen-bond acceptors (Lipinski definition) is 10. The fourth-order valence-electron chi connectivity index (χ4n) is 4.58. The Kier molecular flexibility index (Phi) is 6.94. The third-order valence-electron chi connectivity index (χ3n) is 6.18. The predicted molar refractivity (Wildman–Crippen MR) is 136 cm³/mol. The van der Waals surface area contributed by atoms with Gasteiger partial charge >= 0.3 is 5.97 Å². The first-order valence-electron chi connectivity index (χ1n) is 11.0. The fourth-order valence-corrected chi connectivity index (χ4v) is 7.92. The number of amides is 2. The highest BCUT2D eigenvalue weighted by atomic mass is 35.5. The molecule has 0 aromatic carbocycles. The smallest absolute Gasteiger partial charge is 0.352 e. The SMILES string of the molecule is CO/N=C(/C(=O)N[C@@H]1C(=O)N2C(C(=O)O)=C(C[n+]3csc4c3CCCC4)CS[C@H]12)c1nc(N)sc1Cl. The first-order valence-corrected chi connectivity index (χ1v) is 14.1. The van der Waals surface area contributed by atoms with Crippen molar-refractivity contribution in [3.63, 3.8) is 0 Å². The number of rotatable bonds is 7. The van der Waals surface area contributed by atoms with Gasteiger partial charge in [-0.3, -0.25) is 14.5 Å². The molecular weight excluding hydrogens is 548 g/mol. The molecule has 11 nitrogen and oxygen atoms in total. The molecule has 1 saturated heterocycles. The highest BCUT2D eigenvalue weighted by Crippen LogP contribution is 2.40. The van der Waals surface area contributed by atoms with E-state index in [1.165, 1.54) is 40.8 Å².